The molecule has 1 aromatic heterocycles. The van der Waals surface area contributed by atoms with Crippen LogP contribution in [0.2, 0.25) is 0 Å². The molecule has 1 N–H and O–H groups in total. The van der Waals surface area contributed by atoms with Crippen LogP contribution < -0.4 is 0 Å². The highest BCUT2D eigenvalue weighted by Gasteiger charge is 2.32. The number of aliphatic hydroxyl groups excluding tert-OH is 1. The number of hydrogen-bond donors (Lipinski definition) is 1. The van der Waals surface area contributed by atoms with E-state index in [1.807, 2.05) is 0 Å². The minimum atomic E-state index is -0.403. The van der Waals surface area contributed by atoms with Crippen LogP contribution in [-0.2, 0) is 4.74 Å². The third-order valence-corrected chi connectivity index (χ3v) is 4.66. The fraction of sp³-hybridized carbons (Fsp3) is 0.688. The van der Waals surface area contributed by atoms with Crippen molar-refractivity contribution in [2.24, 2.45) is 0 Å². The van der Waals surface area contributed by atoms with Crippen LogP contribution in [0, 0.1) is 6.92 Å². The van der Waals surface area contributed by atoms with E-state index in [1.54, 1.807) is 24.2 Å². The van der Waals surface area contributed by atoms with Crippen molar-refractivity contribution in [2.45, 2.75) is 31.9 Å². The maximum absolute atomic E-state index is 12.6. The smallest absolute Gasteiger partial charge is 0.256 e. The van der Waals surface area contributed by atoms with Crippen LogP contribution in [0.15, 0.2) is 12.4 Å². The zero-order valence-electron chi connectivity index (χ0n) is 13.5. The maximum Gasteiger partial charge on any atom is 0.256 e. The summed E-state index contributed by atoms with van der Waals surface area (Å²) in [5.74, 6) is 0.597. The summed E-state index contributed by atoms with van der Waals surface area (Å²) < 4.78 is 5.38. The Hall–Kier alpha value is -1.57. The number of aromatic nitrogens is 2. The first-order valence-corrected chi connectivity index (χ1v) is 8.23. The summed E-state index contributed by atoms with van der Waals surface area (Å²) in [6.45, 7) is 6.13. The second-order valence-corrected chi connectivity index (χ2v) is 6.17. The second-order valence-electron chi connectivity index (χ2n) is 6.17. The molecule has 7 heteroatoms. The van der Waals surface area contributed by atoms with Gasteiger partial charge in [-0.2, -0.15) is 0 Å². The Morgan fingerprint density at radius 1 is 1.17 bits per heavy atom. The number of likely N-dealkylation sites (tertiary alicyclic amines) is 1. The fourth-order valence-corrected chi connectivity index (χ4v) is 3.30. The van der Waals surface area contributed by atoms with Crippen molar-refractivity contribution in [3.8, 4) is 0 Å². The van der Waals surface area contributed by atoms with Crippen LogP contribution in [-0.4, -0.2) is 82.3 Å². The number of aliphatic hydroxyl groups is 1. The Morgan fingerprint density at radius 2 is 1.83 bits per heavy atom. The summed E-state index contributed by atoms with van der Waals surface area (Å²) in [5.41, 5.74) is 0.509. The minimum absolute atomic E-state index is 0.0557. The van der Waals surface area contributed by atoms with Crippen LogP contribution in [0.4, 0.5) is 0 Å². The van der Waals surface area contributed by atoms with Gasteiger partial charge < -0.3 is 14.7 Å². The number of aryl methyl sites for hydroxylation is 1. The third kappa shape index (κ3) is 3.85. The van der Waals surface area contributed by atoms with Gasteiger partial charge in [-0.3, -0.25) is 9.69 Å². The zero-order chi connectivity index (χ0) is 16.2. The van der Waals surface area contributed by atoms with E-state index in [4.69, 9.17) is 4.74 Å². The first kappa shape index (κ1) is 16.3. The molecule has 0 spiro atoms. The van der Waals surface area contributed by atoms with Crippen molar-refractivity contribution in [3.05, 3.63) is 23.8 Å². The molecule has 23 heavy (non-hydrogen) atoms. The summed E-state index contributed by atoms with van der Waals surface area (Å²) in [7, 11) is 0. The molecule has 2 aliphatic heterocycles. The summed E-state index contributed by atoms with van der Waals surface area (Å²) in [5, 5.41) is 10.5. The third-order valence-electron chi connectivity index (χ3n) is 4.66. The molecule has 7 nitrogen and oxygen atoms in total. The highest BCUT2D eigenvalue weighted by atomic mass is 16.5. The molecule has 0 saturated carbocycles. The van der Waals surface area contributed by atoms with Crippen LogP contribution >= 0.6 is 0 Å². The van der Waals surface area contributed by atoms with E-state index < -0.39 is 6.10 Å². The number of hydrogen-bond acceptors (Lipinski definition) is 6. The van der Waals surface area contributed by atoms with Gasteiger partial charge in [-0.25, -0.2) is 9.97 Å². The number of morpholine rings is 1. The molecule has 0 bridgehead atoms. The minimum Gasteiger partial charge on any atom is -0.391 e. The predicted molar refractivity (Wildman–Crippen MR) is 84.1 cm³/mol. The Labute approximate surface area is 136 Å². The van der Waals surface area contributed by atoms with Crippen LogP contribution in [0.5, 0.6) is 0 Å². The van der Waals surface area contributed by atoms with E-state index in [9.17, 15) is 9.90 Å². The molecule has 0 unspecified atom stereocenters. The molecule has 2 aliphatic rings. The number of carbonyl (C=O) groups is 1. The van der Waals surface area contributed by atoms with Crippen molar-refractivity contribution in [2.75, 3.05) is 39.4 Å². The zero-order valence-corrected chi connectivity index (χ0v) is 13.5. The summed E-state index contributed by atoms with van der Waals surface area (Å²) in [6, 6.07) is 0.103. The molecule has 0 radical (unpaired) electrons. The van der Waals surface area contributed by atoms with Gasteiger partial charge in [-0.05, 0) is 19.8 Å². The lowest BCUT2D eigenvalue weighted by Gasteiger charge is -2.36. The molecule has 2 atom stereocenters. The van der Waals surface area contributed by atoms with Gasteiger partial charge in [0.05, 0.1) is 24.9 Å². The number of rotatable bonds is 2. The Kier molecular flexibility index (Phi) is 5.20. The summed E-state index contributed by atoms with van der Waals surface area (Å²) in [6.07, 6.45) is 4.12. The lowest BCUT2D eigenvalue weighted by atomic mass is 10.0. The van der Waals surface area contributed by atoms with Gasteiger partial charge in [0.2, 0.25) is 0 Å². The Balaban J connectivity index is 1.64. The largest absolute Gasteiger partial charge is 0.391 e. The lowest BCUT2D eigenvalue weighted by molar-refractivity contribution is -0.0222. The topological polar surface area (TPSA) is 78.8 Å². The van der Waals surface area contributed by atoms with Crippen molar-refractivity contribution in [1.82, 2.24) is 19.8 Å². The first-order valence-electron chi connectivity index (χ1n) is 8.23. The average molecular weight is 320 g/mol. The first-order chi connectivity index (χ1) is 11.1. The van der Waals surface area contributed by atoms with Gasteiger partial charge in [0.1, 0.15) is 5.82 Å². The standard InChI is InChI=1S/C16H24N4O3/c1-12-17-10-13(11-18-12)16(22)20-4-2-14(15(21)3-5-20)19-6-8-23-9-7-19/h10-11,14-15,21H,2-9H2,1H3/t14-,15-/m0/s1. The molecule has 0 aromatic carbocycles. The SMILES string of the molecule is Cc1ncc(C(=O)N2CC[C@H](O)[C@@H](N3CCOCC3)CC2)cn1. The van der Waals surface area contributed by atoms with Crippen molar-refractivity contribution in [1.29, 1.82) is 0 Å². The van der Waals surface area contributed by atoms with E-state index >= 15 is 0 Å². The maximum atomic E-state index is 12.6. The number of nitrogens with zero attached hydrogens (tertiary/aromatic N) is 4. The Bertz CT molecular complexity index is 531. The lowest BCUT2D eigenvalue weighted by Crippen LogP contribution is -2.49. The molecule has 0 aliphatic carbocycles. The monoisotopic (exact) mass is 320 g/mol. The molecule has 1 amide bonds. The van der Waals surface area contributed by atoms with Crippen molar-refractivity contribution >= 4 is 5.91 Å². The number of ether oxygens (including phenoxy) is 1. The van der Waals surface area contributed by atoms with Crippen molar-refractivity contribution in [3.63, 3.8) is 0 Å². The number of carbonyl (C=O) groups excluding carboxylic acids is 1. The molecular weight excluding hydrogens is 296 g/mol. The van der Waals surface area contributed by atoms with Gasteiger partial charge in [0.25, 0.3) is 5.91 Å². The quantitative estimate of drug-likeness (QED) is 0.832. The van der Waals surface area contributed by atoms with Gasteiger partial charge in [-0.15, -0.1) is 0 Å². The van der Waals surface area contributed by atoms with Crippen molar-refractivity contribution < 1.29 is 14.6 Å². The van der Waals surface area contributed by atoms with Crippen LogP contribution in [0.3, 0.4) is 0 Å². The van der Waals surface area contributed by atoms with Gasteiger partial charge in [0.15, 0.2) is 0 Å². The highest BCUT2D eigenvalue weighted by molar-refractivity contribution is 5.93. The normalized spacial score (nSPS) is 26.8. The van der Waals surface area contributed by atoms with Gasteiger partial charge in [-0.1, -0.05) is 0 Å². The van der Waals surface area contributed by atoms with Crippen LogP contribution in [0.25, 0.3) is 0 Å². The highest BCUT2D eigenvalue weighted by Crippen LogP contribution is 2.20. The Morgan fingerprint density at radius 3 is 2.52 bits per heavy atom. The predicted octanol–water partition coefficient (Wildman–Crippen LogP) is 0.0827. The van der Waals surface area contributed by atoms with Crippen LogP contribution in [0.1, 0.15) is 29.0 Å². The molecule has 3 rings (SSSR count). The van der Waals surface area contributed by atoms with E-state index in [0.717, 1.165) is 19.5 Å². The van der Waals surface area contributed by atoms with Gasteiger partial charge >= 0.3 is 0 Å². The summed E-state index contributed by atoms with van der Waals surface area (Å²) in [4.78, 5) is 24.9. The van der Waals surface area contributed by atoms with E-state index in [2.05, 4.69) is 14.9 Å². The molecular formula is C16H24N4O3. The van der Waals surface area contributed by atoms with Gasteiger partial charge in [0, 0.05) is 44.6 Å². The molecule has 1 aromatic rings. The second kappa shape index (κ2) is 7.33. The number of amides is 1. The average Bonchev–Trinajstić information content (AvgIpc) is 2.77. The molecule has 2 fully saturated rings. The summed E-state index contributed by atoms with van der Waals surface area (Å²) >= 11 is 0. The molecule has 3 heterocycles. The molecule has 2 saturated heterocycles. The van der Waals surface area contributed by atoms with E-state index in [-0.39, 0.29) is 11.9 Å². The van der Waals surface area contributed by atoms with E-state index in [1.165, 1.54) is 0 Å². The molecule has 126 valence electrons. The van der Waals surface area contributed by atoms with E-state index in [0.29, 0.717) is 44.1 Å². The fourth-order valence-electron chi connectivity index (χ4n) is 3.30.